The van der Waals surface area contributed by atoms with E-state index in [0.29, 0.717) is 65.1 Å². The number of hydrogen-bond acceptors (Lipinski definition) is 6. The van der Waals surface area contributed by atoms with Crippen LogP contribution in [-0.4, -0.2) is 73.8 Å². The molecule has 1 aromatic carbocycles. The molecule has 176 valence electrons. The van der Waals surface area contributed by atoms with Crippen molar-refractivity contribution >= 4 is 17.9 Å². The van der Waals surface area contributed by atoms with Crippen LogP contribution in [-0.2, 0) is 25.7 Å². The van der Waals surface area contributed by atoms with Crippen LogP contribution in [0.3, 0.4) is 0 Å². The molecule has 3 rings (SSSR count). The van der Waals surface area contributed by atoms with Gasteiger partial charge >= 0.3 is 6.09 Å². The molecule has 0 spiro atoms. The molecule has 0 radical (unpaired) electrons. The minimum absolute atomic E-state index is 0.0360. The number of carbonyl (C=O) groups is 3. The largest absolute Gasteiger partial charge is 0.450 e. The molecule has 0 aromatic heterocycles. The fourth-order valence-electron chi connectivity index (χ4n) is 4.15. The molecule has 0 atom stereocenters. The van der Waals surface area contributed by atoms with Gasteiger partial charge in [-0.05, 0) is 51.3 Å². The van der Waals surface area contributed by atoms with Crippen molar-refractivity contribution in [1.29, 1.82) is 0 Å². The zero-order valence-electron chi connectivity index (χ0n) is 18.7. The molecule has 0 unspecified atom stereocenters. The Labute approximate surface area is 189 Å². The average Bonchev–Trinajstić information content (AvgIpc) is 2.81. The Kier molecular flexibility index (Phi) is 8.87. The normalized spacial score (nSPS) is 18.6. The van der Waals surface area contributed by atoms with Crippen LogP contribution in [0.4, 0.5) is 4.79 Å². The van der Waals surface area contributed by atoms with Crippen LogP contribution in [0.25, 0.3) is 0 Å². The Hall–Kier alpha value is -2.65. The second kappa shape index (κ2) is 11.8. The maximum absolute atomic E-state index is 13.2. The van der Waals surface area contributed by atoms with Crippen molar-refractivity contribution in [1.82, 2.24) is 20.9 Å². The van der Waals surface area contributed by atoms with E-state index in [2.05, 4.69) is 16.0 Å². The highest BCUT2D eigenvalue weighted by Gasteiger charge is 2.42. The predicted molar refractivity (Wildman–Crippen MR) is 119 cm³/mol. The van der Waals surface area contributed by atoms with Crippen molar-refractivity contribution in [2.24, 2.45) is 0 Å². The number of piperidine rings is 2. The summed E-state index contributed by atoms with van der Waals surface area (Å²) in [6.07, 6.45) is 2.05. The first-order chi connectivity index (χ1) is 15.5. The quantitative estimate of drug-likeness (QED) is 0.553. The first kappa shape index (κ1) is 24.0. The fraction of sp³-hybridized carbons (Fsp3) is 0.609. The molecule has 2 aliphatic rings. The second-order valence-electron chi connectivity index (χ2n) is 8.29. The molecular weight excluding hydrogens is 412 g/mol. The molecule has 2 saturated heterocycles. The van der Waals surface area contributed by atoms with Gasteiger partial charge in [-0.2, -0.15) is 0 Å². The molecule has 9 heteroatoms. The van der Waals surface area contributed by atoms with Crippen molar-refractivity contribution in [2.75, 3.05) is 39.4 Å². The number of nitrogens with one attached hydrogen (secondary N) is 3. The van der Waals surface area contributed by atoms with E-state index in [4.69, 9.17) is 9.47 Å². The van der Waals surface area contributed by atoms with Gasteiger partial charge in [0.1, 0.15) is 12.1 Å². The van der Waals surface area contributed by atoms with Gasteiger partial charge in [-0.3, -0.25) is 9.59 Å². The lowest BCUT2D eigenvalue weighted by Gasteiger charge is -2.39. The molecule has 3 N–H and O–H groups in total. The molecule has 3 amide bonds. The Balaban J connectivity index is 1.50. The lowest BCUT2D eigenvalue weighted by molar-refractivity contribution is -0.137. The van der Waals surface area contributed by atoms with Crippen molar-refractivity contribution in [3.05, 3.63) is 35.9 Å². The van der Waals surface area contributed by atoms with Crippen LogP contribution in [0.2, 0.25) is 0 Å². The van der Waals surface area contributed by atoms with E-state index in [1.807, 2.05) is 30.3 Å². The summed E-state index contributed by atoms with van der Waals surface area (Å²) in [6, 6.07) is 9.61. The Morgan fingerprint density at radius 2 is 1.81 bits per heavy atom. The number of benzene rings is 1. The van der Waals surface area contributed by atoms with Gasteiger partial charge in [-0.15, -0.1) is 0 Å². The lowest BCUT2D eigenvalue weighted by atomic mass is 9.86. The van der Waals surface area contributed by atoms with E-state index in [-0.39, 0.29) is 30.6 Å². The summed E-state index contributed by atoms with van der Waals surface area (Å²) in [6.45, 7) is 4.75. The van der Waals surface area contributed by atoms with Gasteiger partial charge in [-0.25, -0.2) is 4.79 Å². The molecular formula is C23H34N4O5. The van der Waals surface area contributed by atoms with E-state index in [1.165, 1.54) is 0 Å². The number of likely N-dealkylation sites (tertiary alicyclic amines) is 1. The van der Waals surface area contributed by atoms with Crippen LogP contribution in [0.15, 0.2) is 30.3 Å². The Morgan fingerprint density at radius 1 is 1.12 bits per heavy atom. The second-order valence-corrected chi connectivity index (χ2v) is 8.29. The Morgan fingerprint density at radius 3 is 2.47 bits per heavy atom. The molecule has 2 heterocycles. The zero-order chi connectivity index (χ0) is 22.8. The van der Waals surface area contributed by atoms with Gasteiger partial charge in [0.15, 0.2) is 0 Å². The van der Waals surface area contributed by atoms with Gasteiger partial charge in [0.25, 0.3) is 0 Å². The minimum Gasteiger partial charge on any atom is -0.450 e. The minimum atomic E-state index is -0.948. The number of nitrogens with zero attached hydrogens (tertiary/aromatic N) is 1. The van der Waals surface area contributed by atoms with Gasteiger partial charge in [0.2, 0.25) is 11.8 Å². The maximum Gasteiger partial charge on any atom is 0.409 e. The van der Waals surface area contributed by atoms with Crippen LogP contribution < -0.4 is 16.0 Å². The number of rotatable bonds is 8. The van der Waals surface area contributed by atoms with E-state index in [9.17, 15) is 14.4 Å². The maximum atomic E-state index is 13.2. The number of ether oxygens (including phenoxy) is 2. The van der Waals surface area contributed by atoms with Crippen LogP contribution in [0.1, 0.15) is 38.2 Å². The van der Waals surface area contributed by atoms with E-state index < -0.39 is 5.54 Å². The van der Waals surface area contributed by atoms with Gasteiger partial charge in [0, 0.05) is 19.1 Å². The smallest absolute Gasteiger partial charge is 0.409 e. The third-order valence-electron chi connectivity index (χ3n) is 5.97. The number of carbonyl (C=O) groups excluding carboxylic acids is 3. The summed E-state index contributed by atoms with van der Waals surface area (Å²) >= 11 is 0. The summed E-state index contributed by atoms with van der Waals surface area (Å²) in [5.74, 6) is -0.458. The predicted octanol–water partition coefficient (Wildman–Crippen LogP) is 1.18. The summed E-state index contributed by atoms with van der Waals surface area (Å²) in [5, 5.41) is 9.30. The van der Waals surface area contributed by atoms with Gasteiger partial charge in [0.05, 0.1) is 13.2 Å². The molecule has 1 aromatic rings. The summed E-state index contributed by atoms with van der Waals surface area (Å²) in [7, 11) is 0. The monoisotopic (exact) mass is 446 g/mol. The van der Waals surface area contributed by atoms with Gasteiger partial charge < -0.3 is 30.3 Å². The number of hydrogen-bond donors (Lipinski definition) is 3. The zero-order valence-corrected chi connectivity index (χ0v) is 18.7. The first-order valence-corrected chi connectivity index (χ1v) is 11.4. The highest BCUT2D eigenvalue weighted by Crippen LogP contribution is 2.21. The Bertz CT molecular complexity index is 759. The highest BCUT2D eigenvalue weighted by molar-refractivity contribution is 5.92. The number of amides is 3. The van der Waals surface area contributed by atoms with E-state index in [0.717, 1.165) is 5.56 Å². The first-order valence-electron chi connectivity index (χ1n) is 11.4. The van der Waals surface area contributed by atoms with Crippen LogP contribution in [0, 0.1) is 0 Å². The van der Waals surface area contributed by atoms with Crippen molar-refractivity contribution in [2.45, 2.75) is 50.8 Å². The molecule has 9 nitrogen and oxygen atoms in total. The molecule has 32 heavy (non-hydrogen) atoms. The lowest BCUT2D eigenvalue weighted by Crippen LogP contribution is -2.65. The third-order valence-corrected chi connectivity index (χ3v) is 5.97. The average molecular weight is 447 g/mol. The highest BCUT2D eigenvalue weighted by atomic mass is 16.6. The van der Waals surface area contributed by atoms with Crippen molar-refractivity contribution in [3.8, 4) is 0 Å². The van der Waals surface area contributed by atoms with Crippen LogP contribution >= 0.6 is 0 Å². The third kappa shape index (κ3) is 6.67. The molecule has 0 saturated carbocycles. The molecule has 2 fully saturated rings. The van der Waals surface area contributed by atoms with Gasteiger partial charge in [-0.1, -0.05) is 30.3 Å². The molecule has 2 aliphatic heterocycles. The summed E-state index contributed by atoms with van der Waals surface area (Å²) in [4.78, 5) is 39.4. The fourth-order valence-corrected chi connectivity index (χ4v) is 4.15. The topological polar surface area (TPSA) is 109 Å². The van der Waals surface area contributed by atoms with E-state index >= 15 is 0 Å². The standard InChI is InChI=1S/C23H34N4O5/c1-2-32-22(30)27-14-8-19(9-15-27)25-21(29)23(10-12-24-13-11-23)26-20(28)17-31-16-18-6-4-3-5-7-18/h3-7,19,24H,2,8-17H2,1H3,(H,25,29)(H,26,28). The summed E-state index contributed by atoms with van der Waals surface area (Å²) in [5.41, 5.74) is 0.0419. The van der Waals surface area contributed by atoms with E-state index in [1.54, 1.807) is 11.8 Å². The summed E-state index contributed by atoms with van der Waals surface area (Å²) < 4.78 is 10.6. The SMILES string of the molecule is CCOC(=O)N1CCC(NC(=O)C2(NC(=O)COCc3ccccc3)CCNCC2)CC1. The molecule has 0 aliphatic carbocycles. The van der Waals surface area contributed by atoms with Crippen molar-refractivity contribution < 1.29 is 23.9 Å². The van der Waals surface area contributed by atoms with Crippen molar-refractivity contribution in [3.63, 3.8) is 0 Å². The molecule has 0 bridgehead atoms. The van der Waals surface area contributed by atoms with Crippen LogP contribution in [0.5, 0.6) is 0 Å².